The number of esters is 1. The number of hydrogen-bond acceptors (Lipinski definition) is 5. The van der Waals surface area contributed by atoms with Crippen LogP contribution >= 0.6 is 0 Å². The highest BCUT2D eigenvalue weighted by Crippen LogP contribution is 2.29. The van der Waals surface area contributed by atoms with Crippen LogP contribution in [-0.4, -0.2) is 31.8 Å². The van der Waals surface area contributed by atoms with Gasteiger partial charge < -0.3 is 20.5 Å². The number of ether oxygens (including phenoxy) is 2. The van der Waals surface area contributed by atoms with Gasteiger partial charge in [0.25, 0.3) is 0 Å². The van der Waals surface area contributed by atoms with E-state index >= 15 is 0 Å². The van der Waals surface area contributed by atoms with E-state index in [1.807, 2.05) is 13.0 Å². The molecule has 20 heavy (non-hydrogen) atoms. The molecule has 3 N–H and O–H groups in total. The molecule has 0 unspecified atom stereocenters. The number of anilines is 2. The van der Waals surface area contributed by atoms with E-state index in [1.54, 1.807) is 6.07 Å². The van der Waals surface area contributed by atoms with Gasteiger partial charge in [-0.1, -0.05) is 0 Å². The molecule has 1 saturated heterocycles. The lowest BCUT2D eigenvalue weighted by atomic mass is 9.92. The third-order valence-corrected chi connectivity index (χ3v) is 3.83. The van der Waals surface area contributed by atoms with Gasteiger partial charge in [0.05, 0.1) is 12.7 Å². The lowest BCUT2D eigenvalue weighted by molar-refractivity contribution is 0.0600. The Bertz CT molecular complexity index is 508. The molecule has 5 nitrogen and oxygen atoms in total. The van der Waals surface area contributed by atoms with Crippen molar-refractivity contribution in [3.05, 3.63) is 23.3 Å². The molecule has 1 aromatic rings. The summed E-state index contributed by atoms with van der Waals surface area (Å²) in [6.45, 7) is 5.56. The molecule has 5 heteroatoms. The highest BCUT2D eigenvalue weighted by molar-refractivity contribution is 5.97. The molecule has 0 bridgehead atoms. The number of nitrogen functional groups attached to an aromatic ring is 1. The fourth-order valence-corrected chi connectivity index (χ4v) is 2.44. The van der Waals surface area contributed by atoms with Gasteiger partial charge in [-0.05, 0) is 44.4 Å². The van der Waals surface area contributed by atoms with E-state index < -0.39 is 5.97 Å². The molecule has 0 saturated carbocycles. The Balaban J connectivity index is 2.28. The first-order valence-corrected chi connectivity index (χ1v) is 6.79. The zero-order valence-electron chi connectivity index (χ0n) is 12.3. The predicted molar refractivity (Wildman–Crippen MR) is 79.0 cm³/mol. The van der Waals surface area contributed by atoms with E-state index in [1.165, 1.54) is 7.11 Å². The minimum Gasteiger partial charge on any atom is -0.465 e. The first-order chi connectivity index (χ1) is 9.45. The zero-order chi connectivity index (χ0) is 14.8. The quantitative estimate of drug-likeness (QED) is 0.656. The third-order valence-electron chi connectivity index (χ3n) is 3.83. The molecule has 2 rings (SSSR count). The maximum atomic E-state index is 11.8. The Kier molecular flexibility index (Phi) is 4.18. The van der Waals surface area contributed by atoms with Crippen molar-refractivity contribution < 1.29 is 14.3 Å². The number of rotatable bonds is 3. The van der Waals surface area contributed by atoms with Crippen molar-refractivity contribution in [2.45, 2.75) is 32.2 Å². The van der Waals surface area contributed by atoms with Crippen LogP contribution in [0.1, 0.15) is 35.7 Å². The van der Waals surface area contributed by atoms with Crippen molar-refractivity contribution in [3.63, 3.8) is 0 Å². The highest BCUT2D eigenvalue weighted by atomic mass is 16.5. The smallest absolute Gasteiger partial charge is 0.340 e. The Morgan fingerprint density at radius 1 is 1.40 bits per heavy atom. The molecule has 1 aliphatic heterocycles. The molecule has 0 atom stereocenters. The molecule has 0 spiro atoms. The highest BCUT2D eigenvalue weighted by Gasteiger charge is 2.27. The topological polar surface area (TPSA) is 73.6 Å². The summed E-state index contributed by atoms with van der Waals surface area (Å²) in [7, 11) is 1.36. The summed E-state index contributed by atoms with van der Waals surface area (Å²) in [5.74, 6) is -0.411. The molecule has 0 amide bonds. The molecule has 1 heterocycles. The standard InChI is InChI=1S/C15H22N2O3/c1-10-8-11(9-12(13(10)16)14(18)19-3)17-15(2)4-6-20-7-5-15/h8-9,17H,4-7,16H2,1-3H3. The molecular weight excluding hydrogens is 256 g/mol. The first kappa shape index (κ1) is 14.7. The third kappa shape index (κ3) is 3.04. The summed E-state index contributed by atoms with van der Waals surface area (Å²) >= 11 is 0. The summed E-state index contributed by atoms with van der Waals surface area (Å²) in [5, 5.41) is 3.50. The van der Waals surface area contributed by atoms with E-state index in [9.17, 15) is 4.79 Å². The van der Waals surface area contributed by atoms with Crippen LogP contribution in [0.3, 0.4) is 0 Å². The predicted octanol–water partition coefficient (Wildman–Crippen LogP) is 2.34. The Hall–Kier alpha value is -1.75. The minimum absolute atomic E-state index is 0.0196. The maximum absolute atomic E-state index is 11.8. The van der Waals surface area contributed by atoms with Gasteiger partial charge in [0.15, 0.2) is 0 Å². The second-order valence-corrected chi connectivity index (χ2v) is 5.54. The van der Waals surface area contributed by atoms with Crippen molar-refractivity contribution in [3.8, 4) is 0 Å². The van der Waals surface area contributed by atoms with Crippen LogP contribution in [0, 0.1) is 6.92 Å². The van der Waals surface area contributed by atoms with Gasteiger partial charge in [0, 0.05) is 30.1 Å². The van der Waals surface area contributed by atoms with Crippen LogP contribution < -0.4 is 11.1 Å². The largest absolute Gasteiger partial charge is 0.465 e. The van der Waals surface area contributed by atoms with E-state index in [2.05, 4.69) is 12.2 Å². The zero-order valence-corrected chi connectivity index (χ0v) is 12.3. The minimum atomic E-state index is -0.411. The second kappa shape index (κ2) is 5.71. The van der Waals surface area contributed by atoms with E-state index in [0.717, 1.165) is 37.3 Å². The van der Waals surface area contributed by atoms with Gasteiger partial charge in [-0.15, -0.1) is 0 Å². The lowest BCUT2D eigenvalue weighted by Gasteiger charge is -2.35. The molecule has 0 aromatic heterocycles. The van der Waals surface area contributed by atoms with Gasteiger partial charge in [-0.2, -0.15) is 0 Å². The number of benzene rings is 1. The molecule has 0 radical (unpaired) electrons. The molecule has 0 aliphatic carbocycles. The van der Waals surface area contributed by atoms with Crippen molar-refractivity contribution >= 4 is 17.3 Å². The average Bonchev–Trinajstić information content (AvgIpc) is 2.42. The van der Waals surface area contributed by atoms with Crippen LogP contribution in [0.4, 0.5) is 11.4 Å². The van der Waals surface area contributed by atoms with E-state index in [0.29, 0.717) is 11.3 Å². The number of carbonyl (C=O) groups is 1. The van der Waals surface area contributed by atoms with Crippen molar-refractivity contribution in [1.29, 1.82) is 0 Å². The summed E-state index contributed by atoms with van der Waals surface area (Å²) in [6, 6.07) is 3.72. The number of carbonyl (C=O) groups excluding carboxylic acids is 1. The Labute approximate surface area is 119 Å². The second-order valence-electron chi connectivity index (χ2n) is 5.54. The fourth-order valence-electron chi connectivity index (χ4n) is 2.44. The van der Waals surface area contributed by atoms with Crippen molar-refractivity contribution in [2.24, 2.45) is 0 Å². The van der Waals surface area contributed by atoms with Gasteiger partial charge in [-0.25, -0.2) is 4.79 Å². The number of nitrogens with two attached hydrogens (primary N) is 1. The summed E-state index contributed by atoms with van der Waals surface area (Å²) in [4.78, 5) is 11.8. The van der Waals surface area contributed by atoms with Crippen molar-refractivity contribution in [1.82, 2.24) is 0 Å². The monoisotopic (exact) mass is 278 g/mol. The van der Waals surface area contributed by atoms with E-state index in [-0.39, 0.29) is 5.54 Å². The Morgan fingerprint density at radius 2 is 2.05 bits per heavy atom. The van der Waals surface area contributed by atoms with Gasteiger partial charge >= 0.3 is 5.97 Å². The Morgan fingerprint density at radius 3 is 2.65 bits per heavy atom. The van der Waals surface area contributed by atoms with Crippen LogP contribution in [0.25, 0.3) is 0 Å². The number of hydrogen-bond donors (Lipinski definition) is 2. The lowest BCUT2D eigenvalue weighted by Crippen LogP contribution is -2.40. The fraction of sp³-hybridized carbons (Fsp3) is 0.533. The first-order valence-electron chi connectivity index (χ1n) is 6.79. The molecule has 1 aliphatic rings. The molecule has 1 aromatic carbocycles. The van der Waals surface area contributed by atoms with Gasteiger partial charge in [0.2, 0.25) is 0 Å². The molecular formula is C15H22N2O3. The van der Waals surface area contributed by atoms with Crippen LogP contribution in [0.2, 0.25) is 0 Å². The normalized spacial score (nSPS) is 17.6. The van der Waals surface area contributed by atoms with Crippen LogP contribution in [0.5, 0.6) is 0 Å². The maximum Gasteiger partial charge on any atom is 0.340 e. The SMILES string of the molecule is COC(=O)c1cc(NC2(C)CCOCC2)cc(C)c1N. The number of methoxy groups -OCH3 is 1. The number of aryl methyl sites for hydroxylation is 1. The van der Waals surface area contributed by atoms with Gasteiger partial charge in [-0.3, -0.25) is 0 Å². The van der Waals surface area contributed by atoms with Crippen LogP contribution in [-0.2, 0) is 9.47 Å². The molecule has 110 valence electrons. The van der Waals surface area contributed by atoms with E-state index in [4.69, 9.17) is 15.2 Å². The average molecular weight is 278 g/mol. The van der Waals surface area contributed by atoms with Crippen LogP contribution in [0.15, 0.2) is 12.1 Å². The number of nitrogens with one attached hydrogen (secondary N) is 1. The summed E-state index contributed by atoms with van der Waals surface area (Å²) in [5.41, 5.74) is 8.56. The summed E-state index contributed by atoms with van der Waals surface area (Å²) < 4.78 is 10.2. The molecule has 1 fully saturated rings. The van der Waals surface area contributed by atoms with Crippen molar-refractivity contribution in [2.75, 3.05) is 31.4 Å². The van der Waals surface area contributed by atoms with Gasteiger partial charge in [0.1, 0.15) is 0 Å². The summed E-state index contributed by atoms with van der Waals surface area (Å²) in [6.07, 6.45) is 1.87.